The van der Waals surface area contributed by atoms with E-state index in [2.05, 4.69) is 25.9 Å². The lowest BCUT2D eigenvalue weighted by atomic mass is 9.78. The van der Waals surface area contributed by atoms with Crippen LogP contribution in [0.2, 0.25) is 0 Å². The van der Waals surface area contributed by atoms with Crippen LogP contribution < -0.4 is 21.4 Å². The van der Waals surface area contributed by atoms with Crippen LogP contribution in [0.15, 0.2) is 48.5 Å². The van der Waals surface area contributed by atoms with Crippen molar-refractivity contribution in [1.29, 1.82) is 0 Å². The van der Waals surface area contributed by atoms with Gasteiger partial charge in [-0.2, -0.15) is 5.21 Å². The summed E-state index contributed by atoms with van der Waals surface area (Å²) in [5, 5.41) is 17.0. The molecule has 1 saturated heterocycles. The van der Waals surface area contributed by atoms with Crippen molar-refractivity contribution in [3.63, 3.8) is 0 Å². The topological polar surface area (TPSA) is 175 Å². The molecule has 1 saturated carbocycles. The number of ether oxygens (including phenoxy) is 1. The minimum absolute atomic E-state index is 0.163. The highest BCUT2D eigenvalue weighted by atomic mass is 16.7. The van der Waals surface area contributed by atoms with Gasteiger partial charge in [0.05, 0.1) is 11.2 Å². The number of primary amides is 1. The van der Waals surface area contributed by atoms with Gasteiger partial charge >= 0.3 is 13.2 Å². The van der Waals surface area contributed by atoms with Gasteiger partial charge in [0.2, 0.25) is 17.6 Å². The van der Waals surface area contributed by atoms with Crippen molar-refractivity contribution >= 4 is 36.2 Å². The Balaban J connectivity index is 1.33. The van der Waals surface area contributed by atoms with Crippen molar-refractivity contribution in [2.75, 3.05) is 11.4 Å². The van der Waals surface area contributed by atoms with Crippen LogP contribution in [0, 0.1) is 11.8 Å². The quantitative estimate of drug-likeness (QED) is 0.270. The Morgan fingerprint density at radius 1 is 1.00 bits per heavy atom. The number of tetrazole rings is 1. The first-order valence-electron chi connectivity index (χ1n) is 16.9. The number of carbonyl (C=O) groups is 3. The monoisotopic (exact) mass is 673 g/mol. The molecule has 2 fully saturated rings. The Morgan fingerprint density at radius 2 is 1.61 bits per heavy atom. The van der Waals surface area contributed by atoms with E-state index in [-0.39, 0.29) is 24.2 Å². The van der Waals surface area contributed by atoms with Crippen molar-refractivity contribution in [3.05, 3.63) is 54.1 Å². The number of benzene rings is 2. The van der Waals surface area contributed by atoms with E-state index in [4.69, 9.17) is 19.8 Å². The van der Waals surface area contributed by atoms with Crippen LogP contribution in [-0.2, 0) is 30.1 Å². The fourth-order valence-corrected chi connectivity index (χ4v) is 6.20. The normalized spacial score (nSPS) is 20.8. The van der Waals surface area contributed by atoms with Crippen LogP contribution >= 0.6 is 0 Å². The number of aromatic nitrogens is 4. The molecule has 13 nitrogen and oxygen atoms in total. The first kappa shape index (κ1) is 36.0. The summed E-state index contributed by atoms with van der Waals surface area (Å²) in [4.78, 5) is 41.3. The minimum Gasteiger partial charge on any atom is -0.444 e. The van der Waals surface area contributed by atoms with Crippen LogP contribution in [0.5, 0.6) is 0 Å². The van der Waals surface area contributed by atoms with Crippen LogP contribution in [-0.4, -0.2) is 75.0 Å². The lowest BCUT2D eigenvalue weighted by molar-refractivity contribution is -0.127. The molecule has 3 amide bonds. The molecular weight excluding hydrogens is 625 g/mol. The molecule has 3 aromatic rings. The maximum absolute atomic E-state index is 14.4. The third kappa shape index (κ3) is 8.66. The first-order chi connectivity index (χ1) is 23.0. The van der Waals surface area contributed by atoms with Gasteiger partial charge in [0, 0.05) is 30.1 Å². The summed E-state index contributed by atoms with van der Waals surface area (Å²) >= 11 is 0. The maximum Gasteiger partial charge on any atom is 0.494 e. The smallest absolute Gasteiger partial charge is 0.444 e. The second-order valence-corrected chi connectivity index (χ2v) is 15.0. The van der Waals surface area contributed by atoms with Crippen LogP contribution in [0.4, 0.5) is 10.5 Å². The number of H-pyrrole nitrogens is 1. The van der Waals surface area contributed by atoms with Gasteiger partial charge in [0.1, 0.15) is 11.6 Å². The molecule has 1 aromatic heterocycles. The Hall–Kier alpha value is -4.30. The Kier molecular flexibility index (Phi) is 10.5. The van der Waals surface area contributed by atoms with E-state index in [0.717, 1.165) is 23.9 Å². The predicted octanol–water partition coefficient (Wildman–Crippen LogP) is 3.93. The Morgan fingerprint density at radius 3 is 2.14 bits per heavy atom. The van der Waals surface area contributed by atoms with E-state index in [1.165, 1.54) is 0 Å². The molecule has 262 valence electrons. The molecule has 14 heteroatoms. The number of hydrogen-bond acceptors (Lipinski definition) is 9. The molecule has 49 heavy (non-hydrogen) atoms. The molecular formula is C35H48BN7O6. The van der Waals surface area contributed by atoms with Gasteiger partial charge in [0.15, 0.2) is 0 Å². The zero-order valence-electron chi connectivity index (χ0n) is 29.5. The van der Waals surface area contributed by atoms with E-state index in [0.29, 0.717) is 36.5 Å². The molecule has 1 aliphatic heterocycles. The molecule has 0 bridgehead atoms. The second kappa shape index (κ2) is 14.3. The van der Waals surface area contributed by atoms with E-state index in [9.17, 15) is 14.4 Å². The SMILES string of the molecule is CC(C)(C)OC(=O)NC[C@H]1CC[C@H](C(=O)N(c2ccc(-c3nn[nH]n3)cc2)[C@@H](Cc2ccc(B3OC(C)(C)C(C)(C)O3)cc2)C(N)=O)CC1. The van der Waals surface area contributed by atoms with Gasteiger partial charge in [-0.1, -0.05) is 24.3 Å². The summed E-state index contributed by atoms with van der Waals surface area (Å²) in [6, 6.07) is 13.9. The zero-order valence-corrected chi connectivity index (χ0v) is 29.5. The molecule has 2 heterocycles. The molecule has 1 aliphatic carbocycles. The zero-order chi connectivity index (χ0) is 35.6. The summed E-state index contributed by atoms with van der Waals surface area (Å²) in [6.07, 6.45) is 2.49. The highest BCUT2D eigenvalue weighted by molar-refractivity contribution is 6.62. The number of aromatic amines is 1. The van der Waals surface area contributed by atoms with Crippen molar-refractivity contribution < 1.29 is 28.4 Å². The largest absolute Gasteiger partial charge is 0.494 e. The number of anilines is 1. The van der Waals surface area contributed by atoms with Gasteiger partial charge in [-0.3, -0.25) is 14.5 Å². The highest BCUT2D eigenvalue weighted by Crippen LogP contribution is 2.37. The van der Waals surface area contributed by atoms with E-state index in [1.807, 2.05) is 72.7 Å². The number of alkyl carbamates (subject to hydrolysis) is 1. The maximum atomic E-state index is 14.4. The summed E-state index contributed by atoms with van der Waals surface area (Å²) in [7, 11) is -0.517. The molecule has 5 rings (SSSR count). The van der Waals surface area contributed by atoms with Gasteiger partial charge in [-0.15, -0.1) is 10.2 Å². The third-order valence-corrected chi connectivity index (χ3v) is 9.69. The van der Waals surface area contributed by atoms with Crippen molar-refractivity contribution in [1.82, 2.24) is 25.9 Å². The highest BCUT2D eigenvalue weighted by Gasteiger charge is 2.51. The lowest BCUT2D eigenvalue weighted by Gasteiger charge is -2.36. The summed E-state index contributed by atoms with van der Waals surface area (Å²) < 4.78 is 17.8. The first-order valence-corrected chi connectivity index (χ1v) is 16.9. The van der Waals surface area contributed by atoms with E-state index < -0.39 is 42.0 Å². The number of carbonyl (C=O) groups excluding carboxylic acids is 3. The summed E-state index contributed by atoms with van der Waals surface area (Å²) in [5.74, 6) is -0.461. The minimum atomic E-state index is -0.946. The fourth-order valence-electron chi connectivity index (χ4n) is 6.20. The van der Waals surface area contributed by atoms with Gasteiger partial charge in [0.25, 0.3) is 0 Å². The van der Waals surface area contributed by atoms with Crippen LogP contribution in [0.25, 0.3) is 11.4 Å². The molecule has 1 atom stereocenters. The fraction of sp³-hybridized carbons (Fsp3) is 0.543. The number of amides is 3. The predicted molar refractivity (Wildman–Crippen MR) is 186 cm³/mol. The van der Waals surface area contributed by atoms with Gasteiger partial charge in [-0.05, 0) is 121 Å². The number of hydrogen-bond donors (Lipinski definition) is 3. The number of rotatable bonds is 10. The number of nitrogens with one attached hydrogen (secondary N) is 2. The van der Waals surface area contributed by atoms with Crippen LogP contribution in [0.3, 0.4) is 0 Å². The second-order valence-electron chi connectivity index (χ2n) is 15.0. The Bertz CT molecular complexity index is 1580. The van der Waals surface area contributed by atoms with E-state index in [1.54, 1.807) is 29.2 Å². The molecule has 2 aromatic carbocycles. The van der Waals surface area contributed by atoms with Gasteiger partial charge < -0.3 is 25.1 Å². The molecule has 4 N–H and O–H groups in total. The molecule has 2 aliphatic rings. The summed E-state index contributed by atoms with van der Waals surface area (Å²) in [6.45, 7) is 14.0. The van der Waals surface area contributed by atoms with Crippen LogP contribution in [0.1, 0.15) is 79.7 Å². The Labute approximate surface area is 288 Å². The van der Waals surface area contributed by atoms with E-state index >= 15 is 0 Å². The summed E-state index contributed by atoms with van der Waals surface area (Å²) in [5.41, 5.74) is 7.49. The molecule has 0 radical (unpaired) electrons. The molecule has 0 unspecified atom stereocenters. The third-order valence-electron chi connectivity index (χ3n) is 9.69. The lowest BCUT2D eigenvalue weighted by Crippen LogP contribution is -2.52. The van der Waals surface area contributed by atoms with Crippen molar-refractivity contribution in [3.8, 4) is 11.4 Å². The number of nitrogens with two attached hydrogens (primary N) is 1. The van der Waals surface area contributed by atoms with Gasteiger partial charge in [-0.25, -0.2) is 4.79 Å². The average molecular weight is 674 g/mol. The molecule has 0 spiro atoms. The van der Waals surface area contributed by atoms with Crippen molar-refractivity contribution in [2.45, 2.75) is 103 Å². The average Bonchev–Trinajstić information content (AvgIpc) is 3.65. The standard InChI is InChI=1S/C35H48BN7O6/c1-33(2,3)47-32(46)38-21-23-8-12-25(13-9-23)31(45)43(27-18-14-24(15-19-27)30-39-41-42-40-30)28(29(37)44)20-22-10-16-26(17-11-22)36-48-34(4,5)35(6,7)49-36/h10-11,14-19,23,25,28H,8-9,12-13,20-21H2,1-7H3,(H2,37,44)(H,38,46)(H,39,40,41,42)/t23-,25-,28-/m0/s1. The number of nitrogens with zero attached hydrogens (tertiary/aromatic N) is 4. The van der Waals surface area contributed by atoms with Crippen molar-refractivity contribution in [2.24, 2.45) is 17.6 Å².